The van der Waals surface area contributed by atoms with E-state index < -0.39 is 54.4 Å². The molecule has 0 aliphatic carbocycles. The molecule has 2 aromatic carbocycles. The summed E-state index contributed by atoms with van der Waals surface area (Å²) in [5.41, 5.74) is 3.13. The number of nitro benzene ring substituents is 1. The van der Waals surface area contributed by atoms with E-state index in [4.69, 9.17) is 10.5 Å². The maximum atomic E-state index is 12.2. The van der Waals surface area contributed by atoms with E-state index in [0.29, 0.717) is 17.8 Å². The van der Waals surface area contributed by atoms with Gasteiger partial charge in [-0.3, -0.25) is 14.9 Å². The minimum atomic E-state index is -5.35. The van der Waals surface area contributed by atoms with Crippen LogP contribution in [0.1, 0.15) is 54.3 Å². The van der Waals surface area contributed by atoms with Crippen LogP contribution in [0.3, 0.4) is 0 Å². The Balaban J connectivity index is -0.000000945. The number of para-hydroxylation sites is 1. The van der Waals surface area contributed by atoms with Crippen molar-refractivity contribution in [3.8, 4) is 5.75 Å². The van der Waals surface area contributed by atoms with Gasteiger partial charge in [0.05, 0.1) is 15.5 Å². The summed E-state index contributed by atoms with van der Waals surface area (Å²) in [4.78, 5) is 20.7. The van der Waals surface area contributed by atoms with E-state index in [1.807, 2.05) is 0 Å². The van der Waals surface area contributed by atoms with Gasteiger partial charge in [0.1, 0.15) is 15.8 Å². The minimum Gasteiger partial charge on any atom is -0.874 e. The molecule has 0 saturated carbocycles. The van der Waals surface area contributed by atoms with Gasteiger partial charge in [-0.15, -0.1) is 10.9 Å². The zero-order chi connectivity index (χ0) is 31.7. The van der Waals surface area contributed by atoms with Crippen molar-refractivity contribution < 1.29 is 61.9 Å². The summed E-state index contributed by atoms with van der Waals surface area (Å²) >= 11 is 0. The Morgan fingerprint density at radius 2 is 1.82 bits per heavy atom. The van der Waals surface area contributed by atoms with Crippen LogP contribution in [0.5, 0.6) is 5.75 Å². The van der Waals surface area contributed by atoms with Gasteiger partial charge in [0.15, 0.2) is 0 Å². The van der Waals surface area contributed by atoms with Crippen molar-refractivity contribution in [2.45, 2.75) is 57.8 Å². The molecule has 15 nitrogen and oxygen atoms in total. The van der Waals surface area contributed by atoms with Gasteiger partial charge < -0.3 is 36.0 Å². The van der Waals surface area contributed by atoms with Crippen LogP contribution in [0.2, 0.25) is 0 Å². The van der Waals surface area contributed by atoms with E-state index in [-0.39, 0.29) is 24.3 Å². The molecule has 0 heterocycles. The number of amides is 1. The molecule has 1 atom stereocenters. The molecule has 4 N–H and O–H groups in total. The second-order valence-corrected chi connectivity index (χ2v) is 10.4. The number of carbonyl (C=O) groups excluding carboxylic acids is 1. The van der Waals surface area contributed by atoms with Crippen LogP contribution in [0.15, 0.2) is 69.0 Å². The number of azo groups is 1. The Bertz CT molecular complexity index is 1340. The monoisotopic (exact) mass is 676 g/mol. The Labute approximate surface area is 269 Å². The van der Waals surface area contributed by atoms with E-state index in [2.05, 4.69) is 29.4 Å². The first-order valence-corrected chi connectivity index (χ1v) is 14.7. The van der Waals surface area contributed by atoms with Crippen LogP contribution in [0, 0.1) is 16.0 Å². The normalized spacial score (nSPS) is 12.1. The third-order valence-electron chi connectivity index (χ3n) is 5.73. The third kappa shape index (κ3) is 15.3. The Hall–Kier alpha value is -3.43. The van der Waals surface area contributed by atoms with Gasteiger partial charge in [-0.1, -0.05) is 64.0 Å². The molecule has 0 aromatic heterocycles. The smallest absolute Gasteiger partial charge is 0.874 e. The molecule has 2 rings (SSSR count). The number of non-ortho nitro benzene ring substituents is 1. The summed E-state index contributed by atoms with van der Waals surface area (Å²) < 4.78 is 39.0. The number of anilines is 1. The van der Waals surface area contributed by atoms with E-state index >= 15 is 0 Å². The van der Waals surface area contributed by atoms with Gasteiger partial charge in [0.25, 0.3) is 11.6 Å². The number of nitrogens with two attached hydrogens (primary N) is 1. The van der Waals surface area contributed by atoms with Gasteiger partial charge in [-0.05, 0) is 37.4 Å². The third-order valence-corrected chi connectivity index (χ3v) is 6.57. The molecule has 1 radical (unpaired) electrons. The first-order valence-electron chi connectivity index (χ1n) is 13.2. The number of hydrogen-bond donors (Lipinski definition) is 2. The molecule has 2 aromatic rings. The Morgan fingerprint density at radius 3 is 2.32 bits per heavy atom. The fourth-order valence-corrected chi connectivity index (χ4v) is 3.96. The Kier molecular flexibility index (Phi) is 21.5. The van der Waals surface area contributed by atoms with Crippen molar-refractivity contribution in [1.29, 1.82) is 0 Å². The maximum absolute atomic E-state index is 12.2. The molecular weight excluding hydrogens is 638 g/mol. The fraction of sp³-hybridized carbons (Fsp3) is 0.444. The topological polar surface area (TPSA) is 266 Å². The fourth-order valence-electron chi connectivity index (χ4n) is 3.36. The van der Waals surface area contributed by atoms with Crippen LogP contribution >= 0.6 is 0 Å². The average molecular weight is 677 g/mol. The predicted molar refractivity (Wildman–Crippen MR) is 154 cm³/mol. The molecule has 1 unspecified atom stereocenters. The number of hydrogen-bond acceptors (Lipinski definition) is 13. The van der Waals surface area contributed by atoms with Crippen molar-refractivity contribution in [3.05, 3.63) is 64.0 Å². The number of rotatable bonds is 15. The number of nitrogens with one attached hydrogen (secondary N) is 1. The van der Waals surface area contributed by atoms with Gasteiger partial charge in [-0.25, -0.2) is 8.42 Å². The molecule has 0 fully saturated rings. The average Bonchev–Trinajstić information content (AvgIpc) is 2.93. The van der Waals surface area contributed by atoms with Crippen molar-refractivity contribution in [1.82, 2.24) is 0 Å². The van der Waals surface area contributed by atoms with E-state index in [0.717, 1.165) is 39.0 Å². The first-order chi connectivity index (χ1) is 19.8. The van der Waals surface area contributed by atoms with Crippen LogP contribution < -0.4 is 21.3 Å². The number of unbranched alkanes of at least 4 members (excludes halogenated alkanes) is 1. The zero-order valence-corrected chi connectivity index (χ0v) is 26.7. The van der Waals surface area contributed by atoms with Crippen LogP contribution in [-0.2, 0) is 37.0 Å². The molecule has 243 valence electrons. The first kappa shape index (κ1) is 42.7. The van der Waals surface area contributed by atoms with Crippen LogP contribution in [0.25, 0.3) is 0 Å². The molecule has 0 saturated heterocycles. The van der Waals surface area contributed by atoms with Gasteiger partial charge in [-0.2, -0.15) is 5.11 Å². The minimum absolute atomic E-state index is 0. The summed E-state index contributed by atoms with van der Waals surface area (Å²) in [5, 5.41) is 43.7. The second kappa shape index (κ2) is 22.1. The van der Waals surface area contributed by atoms with E-state index in [9.17, 15) is 38.1 Å². The zero-order valence-electron chi connectivity index (χ0n) is 25.6. The molecule has 0 aliphatic rings. The van der Waals surface area contributed by atoms with Gasteiger partial charge >= 0.3 is 18.8 Å². The summed E-state index contributed by atoms with van der Waals surface area (Å²) in [7, 11) is -5.35. The molecule has 0 bridgehead atoms. The summed E-state index contributed by atoms with van der Waals surface area (Å²) in [5.74, 6) is -2.53. The molecule has 0 spiro atoms. The number of allylic oxidation sites excluding steroid dienone is 1. The van der Waals surface area contributed by atoms with E-state index in [1.165, 1.54) is 37.8 Å². The van der Waals surface area contributed by atoms with Crippen LogP contribution in [-0.4, -0.2) is 49.0 Å². The number of carbonyl (C=O) groups is 1. The van der Waals surface area contributed by atoms with Gasteiger partial charge in [0, 0.05) is 31.0 Å². The quantitative estimate of drug-likeness (QED) is 0.0525. The molecule has 17 heteroatoms. The van der Waals surface area contributed by atoms with Crippen molar-refractivity contribution in [2.24, 2.45) is 21.9 Å². The van der Waals surface area contributed by atoms with Crippen LogP contribution in [0.4, 0.5) is 17.1 Å². The number of nitrogens with zero attached hydrogens (tertiary/aromatic N) is 3. The second-order valence-electron chi connectivity index (χ2n) is 9.06. The standard InChI is InChI=1S/C16H14N4O8S.C11H25NO.Cr.H2O/c1-9(21)14(16(23)17-10-5-3-2-4-6-10)19-18-12-7-11(20(24)25)8-13(15(12)22)29(26,27)28;1-3-5-7-11(4-2)10-13-9-6-8-12;;/h2-8,21-22H,1H3,(H,17,23)(H,26,27,28);11H,3-10,12H2,1-2H3;;1H2/q;;+3;/p-3/b14-9-,19-18?;;;. The number of ether oxygens (including phenoxy) is 1. The summed E-state index contributed by atoms with van der Waals surface area (Å²) in [6.45, 7) is 7.97. The number of benzene rings is 2. The summed E-state index contributed by atoms with van der Waals surface area (Å²) in [6.07, 6.45) is 6.17. The molecule has 1 amide bonds. The predicted octanol–water partition coefficient (Wildman–Crippen LogP) is 3.39. The summed E-state index contributed by atoms with van der Waals surface area (Å²) in [6, 6.07) is 8.81. The SMILES string of the molecule is C/C([O-])=C(/N=Nc1cc([N+](=O)[O-])cc(S(=O)(=O)[O-])c1[O-])C(=O)Nc1ccccc1.CCCCC(CC)COCCCN.[Cr+3].[H+].[OH-]. The molecule has 44 heavy (non-hydrogen) atoms. The maximum Gasteiger partial charge on any atom is 3.00 e. The Morgan fingerprint density at radius 1 is 1.18 bits per heavy atom. The van der Waals surface area contributed by atoms with Crippen molar-refractivity contribution in [3.63, 3.8) is 0 Å². The number of nitro groups is 1. The molecule has 0 aliphatic heterocycles. The molecular formula is C27H38CrN5O10S. The van der Waals surface area contributed by atoms with Crippen molar-refractivity contribution in [2.75, 3.05) is 25.1 Å². The van der Waals surface area contributed by atoms with Crippen molar-refractivity contribution >= 4 is 33.1 Å². The largest absolute Gasteiger partial charge is 3.00 e. The van der Waals surface area contributed by atoms with E-state index in [1.54, 1.807) is 18.2 Å². The van der Waals surface area contributed by atoms with Gasteiger partial charge in [0.2, 0.25) is 0 Å².